The molecule has 0 spiro atoms. The molecule has 1 aromatic heterocycles. The number of hydrogen-bond donors (Lipinski definition) is 1. The second-order valence-corrected chi connectivity index (χ2v) is 6.06. The van der Waals surface area contributed by atoms with Crippen LogP contribution in [-0.2, 0) is 11.8 Å². The first kappa shape index (κ1) is 12.2. The van der Waals surface area contributed by atoms with Crippen molar-refractivity contribution in [3.05, 3.63) is 29.6 Å². The van der Waals surface area contributed by atoms with Gasteiger partial charge in [0.2, 0.25) is 0 Å². The van der Waals surface area contributed by atoms with E-state index in [1.165, 1.54) is 0 Å². The number of nitrogens with one attached hydrogen (secondary N) is 1. The lowest BCUT2D eigenvalue weighted by Gasteiger charge is -2.35. The summed E-state index contributed by atoms with van der Waals surface area (Å²) in [6, 6.07) is 8.74. The number of rotatable bonds is 3. The van der Waals surface area contributed by atoms with Crippen molar-refractivity contribution < 1.29 is 0 Å². The highest BCUT2D eigenvalue weighted by Gasteiger charge is 2.39. The number of hydrogen-bond acceptors (Lipinski definition) is 2. The van der Waals surface area contributed by atoms with Crippen molar-refractivity contribution in [1.29, 1.82) is 5.26 Å². The summed E-state index contributed by atoms with van der Waals surface area (Å²) in [4.78, 5) is 8.00. The topological polar surface area (TPSA) is 52.5 Å². The zero-order valence-corrected chi connectivity index (χ0v) is 11.5. The van der Waals surface area contributed by atoms with Crippen molar-refractivity contribution in [2.24, 2.45) is 5.92 Å². The fourth-order valence-electron chi connectivity index (χ4n) is 2.84. The molecule has 0 unspecified atom stereocenters. The molecule has 1 saturated carbocycles. The number of aromatic nitrogens is 2. The van der Waals surface area contributed by atoms with E-state index in [1.807, 2.05) is 6.07 Å². The number of nitriles is 1. The molecule has 0 amide bonds. The third kappa shape index (κ3) is 2.02. The van der Waals surface area contributed by atoms with Gasteiger partial charge in [0.1, 0.15) is 5.82 Å². The molecule has 1 heterocycles. The van der Waals surface area contributed by atoms with Gasteiger partial charge in [0.05, 0.1) is 22.5 Å². The minimum atomic E-state index is -0.239. The largest absolute Gasteiger partial charge is 0.342 e. The first-order chi connectivity index (χ1) is 9.13. The zero-order valence-electron chi connectivity index (χ0n) is 11.5. The molecule has 1 aliphatic rings. The van der Waals surface area contributed by atoms with E-state index in [2.05, 4.69) is 42.0 Å². The summed E-state index contributed by atoms with van der Waals surface area (Å²) in [6.07, 6.45) is 4.10. The molecule has 3 nitrogen and oxygen atoms in total. The molecule has 3 heteroatoms. The molecule has 2 aromatic rings. The van der Waals surface area contributed by atoms with Gasteiger partial charge in [-0.2, -0.15) is 5.26 Å². The van der Waals surface area contributed by atoms with Gasteiger partial charge in [-0.1, -0.05) is 19.9 Å². The summed E-state index contributed by atoms with van der Waals surface area (Å²) < 4.78 is 0. The van der Waals surface area contributed by atoms with E-state index in [-0.39, 0.29) is 5.41 Å². The van der Waals surface area contributed by atoms with Crippen LogP contribution in [0.3, 0.4) is 0 Å². The van der Waals surface area contributed by atoms with Gasteiger partial charge in [0.15, 0.2) is 0 Å². The maximum absolute atomic E-state index is 9.41. The number of imidazole rings is 1. The molecule has 0 atom stereocenters. The molecule has 19 heavy (non-hydrogen) atoms. The Morgan fingerprint density at radius 2 is 2.21 bits per heavy atom. The third-order valence-corrected chi connectivity index (χ3v) is 4.11. The number of H-pyrrole nitrogens is 1. The molecule has 1 N–H and O–H groups in total. The van der Waals surface area contributed by atoms with Crippen LogP contribution in [0.25, 0.3) is 11.0 Å². The summed E-state index contributed by atoms with van der Waals surface area (Å²) in [7, 11) is 0. The van der Waals surface area contributed by atoms with Gasteiger partial charge in [0, 0.05) is 6.42 Å². The summed E-state index contributed by atoms with van der Waals surface area (Å²) in [5.41, 5.74) is 2.98. The van der Waals surface area contributed by atoms with Crippen LogP contribution in [0.5, 0.6) is 0 Å². The summed E-state index contributed by atoms with van der Waals surface area (Å²) in [6.45, 7) is 4.38. The fourth-order valence-corrected chi connectivity index (χ4v) is 2.84. The highest BCUT2D eigenvalue weighted by atomic mass is 14.9. The molecule has 1 aliphatic carbocycles. The lowest BCUT2D eigenvalue weighted by molar-refractivity contribution is 0.324. The van der Waals surface area contributed by atoms with E-state index in [9.17, 15) is 5.26 Å². The standard InChI is InChI=1S/C16H19N3/c1-11(2)8-15-18-13-5-4-12(9-14(13)19-15)16(10-17)6-3-7-16/h4-5,9,11H,3,6-8H2,1-2H3,(H,18,19). The van der Waals surface area contributed by atoms with Crippen molar-refractivity contribution in [2.45, 2.75) is 44.9 Å². The Balaban J connectivity index is 1.99. The Morgan fingerprint density at radius 1 is 1.42 bits per heavy atom. The molecule has 0 radical (unpaired) electrons. The third-order valence-electron chi connectivity index (χ3n) is 4.11. The van der Waals surface area contributed by atoms with Crippen molar-refractivity contribution in [3.63, 3.8) is 0 Å². The minimum absolute atomic E-state index is 0.239. The first-order valence-electron chi connectivity index (χ1n) is 7.03. The average Bonchev–Trinajstić information content (AvgIpc) is 2.68. The van der Waals surface area contributed by atoms with Crippen molar-refractivity contribution in [2.75, 3.05) is 0 Å². The Labute approximate surface area is 113 Å². The highest BCUT2D eigenvalue weighted by Crippen LogP contribution is 2.43. The summed E-state index contributed by atoms with van der Waals surface area (Å²) in [5.74, 6) is 1.64. The lowest BCUT2D eigenvalue weighted by atomic mass is 9.65. The molecule has 98 valence electrons. The van der Waals surface area contributed by atoms with Gasteiger partial charge in [-0.05, 0) is 42.9 Å². The van der Waals surface area contributed by atoms with Crippen LogP contribution in [0, 0.1) is 17.2 Å². The van der Waals surface area contributed by atoms with Crippen LogP contribution in [0.2, 0.25) is 0 Å². The minimum Gasteiger partial charge on any atom is -0.342 e. The molecule has 1 fully saturated rings. The number of aromatic amines is 1. The Bertz CT molecular complexity index is 642. The van der Waals surface area contributed by atoms with Gasteiger partial charge in [0.25, 0.3) is 0 Å². The second kappa shape index (κ2) is 4.38. The Hall–Kier alpha value is -1.82. The van der Waals surface area contributed by atoms with Gasteiger partial charge >= 0.3 is 0 Å². The van der Waals surface area contributed by atoms with E-state index < -0.39 is 0 Å². The van der Waals surface area contributed by atoms with Crippen LogP contribution in [-0.4, -0.2) is 9.97 Å². The van der Waals surface area contributed by atoms with Crippen LogP contribution in [0.15, 0.2) is 18.2 Å². The monoisotopic (exact) mass is 253 g/mol. The van der Waals surface area contributed by atoms with E-state index in [4.69, 9.17) is 0 Å². The van der Waals surface area contributed by atoms with Crippen molar-refractivity contribution >= 4 is 11.0 Å². The van der Waals surface area contributed by atoms with E-state index in [0.29, 0.717) is 5.92 Å². The number of fused-ring (bicyclic) bond motifs is 1. The zero-order chi connectivity index (χ0) is 13.5. The number of nitrogens with zero attached hydrogens (tertiary/aromatic N) is 2. The van der Waals surface area contributed by atoms with Crippen LogP contribution in [0.4, 0.5) is 0 Å². The Morgan fingerprint density at radius 3 is 2.79 bits per heavy atom. The summed E-state index contributed by atoms with van der Waals surface area (Å²) in [5, 5.41) is 9.41. The predicted molar refractivity (Wildman–Crippen MR) is 75.8 cm³/mol. The lowest BCUT2D eigenvalue weighted by Crippen LogP contribution is -2.32. The predicted octanol–water partition coefficient (Wildman–Crippen LogP) is 3.71. The molecular weight excluding hydrogens is 234 g/mol. The van der Waals surface area contributed by atoms with Crippen LogP contribution < -0.4 is 0 Å². The van der Waals surface area contributed by atoms with Gasteiger partial charge in [-0.25, -0.2) is 4.98 Å². The smallest absolute Gasteiger partial charge is 0.107 e. The Kier molecular flexibility index (Phi) is 2.82. The average molecular weight is 253 g/mol. The normalized spacial score (nSPS) is 17.4. The molecule has 0 bridgehead atoms. The quantitative estimate of drug-likeness (QED) is 0.906. The first-order valence-corrected chi connectivity index (χ1v) is 7.03. The highest BCUT2D eigenvalue weighted by molar-refractivity contribution is 5.76. The van der Waals surface area contributed by atoms with Crippen LogP contribution >= 0.6 is 0 Å². The molecular formula is C16H19N3. The second-order valence-electron chi connectivity index (χ2n) is 6.06. The van der Waals surface area contributed by atoms with Crippen molar-refractivity contribution in [1.82, 2.24) is 9.97 Å². The van der Waals surface area contributed by atoms with Crippen LogP contribution in [0.1, 0.15) is 44.5 Å². The molecule has 0 saturated heterocycles. The van der Waals surface area contributed by atoms with E-state index >= 15 is 0 Å². The maximum Gasteiger partial charge on any atom is 0.107 e. The molecule has 1 aromatic carbocycles. The van der Waals surface area contributed by atoms with Gasteiger partial charge < -0.3 is 4.98 Å². The van der Waals surface area contributed by atoms with E-state index in [1.54, 1.807) is 0 Å². The number of benzene rings is 1. The van der Waals surface area contributed by atoms with Crippen molar-refractivity contribution in [3.8, 4) is 6.07 Å². The summed E-state index contributed by atoms with van der Waals surface area (Å²) >= 11 is 0. The fraction of sp³-hybridized carbons (Fsp3) is 0.500. The maximum atomic E-state index is 9.41. The molecule has 3 rings (SSSR count). The van der Waals surface area contributed by atoms with E-state index in [0.717, 1.165) is 48.1 Å². The SMILES string of the molecule is CC(C)Cc1nc2ccc(C3(C#N)CCC3)cc2[nH]1. The molecule has 0 aliphatic heterocycles. The van der Waals surface area contributed by atoms with Gasteiger partial charge in [-0.3, -0.25) is 0 Å². The van der Waals surface area contributed by atoms with Gasteiger partial charge in [-0.15, -0.1) is 0 Å².